The molecular weight excluding hydrogens is 575 g/mol. The molecule has 2 aliphatic carbocycles. The fourth-order valence-corrected chi connectivity index (χ4v) is 10.7. The first kappa shape index (κ1) is 25.8. The van der Waals surface area contributed by atoms with Gasteiger partial charge in [-0.2, -0.15) is 0 Å². The summed E-state index contributed by atoms with van der Waals surface area (Å²) in [4.78, 5) is 0. The van der Waals surface area contributed by atoms with Gasteiger partial charge in [0.15, 0.2) is 0 Å². The second-order valence-corrected chi connectivity index (χ2v) is 12.6. The summed E-state index contributed by atoms with van der Waals surface area (Å²) in [5.74, 6) is 0. The molecule has 156 valence electrons. The third-order valence-electron chi connectivity index (χ3n) is 7.25. The molecule has 0 spiro atoms. The van der Waals surface area contributed by atoms with Crippen molar-refractivity contribution >= 4 is 6.08 Å². The molecule has 0 radical (unpaired) electrons. The number of halogens is 2. The number of allylic oxidation sites excluding steroid dienone is 5. The zero-order valence-electron chi connectivity index (χ0n) is 18.7. The summed E-state index contributed by atoms with van der Waals surface area (Å²) >= 11 is -0.800. The molecule has 0 heterocycles. The van der Waals surface area contributed by atoms with Crippen LogP contribution in [0.2, 0.25) is 3.12 Å². The predicted molar refractivity (Wildman–Crippen MR) is 118 cm³/mol. The second kappa shape index (κ2) is 9.97. The van der Waals surface area contributed by atoms with Gasteiger partial charge < -0.3 is 34.0 Å². The van der Waals surface area contributed by atoms with E-state index >= 15 is 0 Å². The molecule has 2 aromatic carbocycles. The van der Waals surface area contributed by atoms with Crippen LogP contribution in [0.25, 0.3) is 17.2 Å². The van der Waals surface area contributed by atoms with Crippen LogP contribution >= 0.6 is 0 Å². The van der Waals surface area contributed by atoms with Crippen molar-refractivity contribution < 1.29 is 57.2 Å². The van der Waals surface area contributed by atoms with Crippen molar-refractivity contribution in [3.05, 3.63) is 87.5 Å². The van der Waals surface area contributed by atoms with Crippen LogP contribution < -0.4 is 34.0 Å². The van der Waals surface area contributed by atoms with Gasteiger partial charge in [-0.05, 0) is 0 Å². The molecule has 3 heteroatoms. The Labute approximate surface area is 215 Å². The summed E-state index contributed by atoms with van der Waals surface area (Å²) in [7, 11) is 0. The summed E-state index contributed by atoms with van der Waals surface area (Å²) in [5.41, 5.74) is 13.8. The van der Waals surface area contributed by atoms with Crippen molar-refractivity contribution in [2.75, 3.05) is 0 Å². The fourth-order valence-electron chi connectivity index (χ4n) is 5.19. The molecular formula is C27H30Br2Zr. The van der Waals surface area contributed by atoms with E-state index in [4.69, 9.17) is 0 Å². The minimum atomic E-state index is -0.800. The summed E-state index contributed by atoms with van der Waals surface area (Å²) in [6.07, 6.45) is 3.74. The molecule has 0 aliphatic heterocycles. The third-order valence-corrected chi connectivity index (χ3v) is 13.8. The van der Waals surface area contributed by atoms with Gasteiger partial charge in [0.2, 0.25) is 0 Å². The SMILES string of the molecule is CC[C]1([Zr+2][CH]2C(C)=Cc3c(-c4ccccc4)cccc32)C(C)=C(C)C(C)=C1C.[Br-].[Br-]. The van der Waals surface area contributed by atoms with E-state index in [0.29, 0.717) is 6.75 Å². The summed E-state index contributed by atoms with van der Waals surface area (Å²) in [6, 6.07) is 17.8. The van der Waals surface area contributed by atoms with E-state index in [1.54, 1.807) is 33.4 Å². The number of benzene rings is 2. The summed E-state index contributed by atoms with van der Waals surface area (Å²) < 4.78 is 1.05. The Kier molecular flexibility index (Phi) is 8.56. The predicted octanol–water partition coefficient (Wildman–Crippen LogP) is 2.16. The summed E-state index contributed by atoms with van der Waals surface area (Å²) in [6.45, 7) is 14.3. The van der Waals surface area contributed by atoms with Gasteiger partial charge in [0, 0.05) is 0 Å². The van der Waals surface area contributed by atoms with Gasteiger partial charge in [0.1, 0.15) is 0 Å². The van der Waals surface area contributed by atoms with Gasteiger partial charge in [0.05, 0.1) is 0 Å². The Morgan fingerprint density at radius 2 is 1.40 bits per heavy atom. The molecule has 4 rings (SSSR count). The van der Waals surface area contributed by atoms with Crippen molar-refractivity contribution in [3.63, 3.8) is 0 Å². The van der Waals surface area contributed by atoms with Gasteiger partial charge in [-0.3, -0.25) is 0 Å². The molecule has 1 atom stereocenters. The topological polar surface area (TPSA) is 0 Å². The Morgan fingerprint density at radius 3 is 1.97 bits per heavy atom. The molecule has 1 unspecified atom stereocenters. The maximum absolute atomic E-state index is 2.49. The molecule has 0 aromatic heterocycles. The van der Waals surface area contributed by atoms with Gasteiger partial charge in [-0.15, -0.1) is 0 Å². The number of hydrogen-bond donors (Lipinski definition) is 0. The number of hydrogen-bond acceptors (Lipinski definition) is 0. The molecule has 30 heavy (non-hydrogen) atoms. The largest absolute Gasteiger partial charge is 1.00 e. The molecule has 2 aromatic rings. The van der Waals surface area contributed by atoms with Crippen molar-refractivity contribution in [3.8, 4) is 11.1 Å². The molecule has 2 aliphatic rings. The van der Waals surface area contributed by atoms with Crippen molar-refractivity contribution in [2.24, 2.45) is 0 Å². The monoisotopic (exact) mass is 602 g/mol. The van der Waals surface area contributed by atoms with Crippen LogP contribution in [0.4, 0.5) is 0 Å². The van der Waals surface area contributed by atoms with Crippen molar-refractivity contribution in [1.29, 1.82) is 0 Å². The van der Waals surface area contributed by atoms with E-state index < -0.39 is 23.2 Å². The Bertz CT molecular complexity index is 1000. The van der Waals surface area contributed by atoms with E-state index in [1.165, 1.54) is 23.1 Å². The minimum Gasteiger partial charge on any atom is -1.00 e. The van der Waals surface area contributed by atoms with Crippen LogP contribution in [0.1, 0.15) is 62.7 Å². The summed E-state index contributed by atoms with van der Waals surface area (Å²) in [5, 5.41) is 0. The van der Waals surface area contributed by atoms with Gasteiger partial charge >= 0.3 is 183 Å². The van der Waals surface area contributed by atoms with E-state index in [1.807, 2.05) is 0 Å². The maximum Gasteiger partial charge on any atom is -1.00 e. The van der Waals surface area contributed by atoms with Crippen LogP contribution in [0.3, 0.4) is 0 Å². The van der Waals surface area contributed by atoms with E-state index in [0.717, 1.165) is 0 Å². The molecule has 0 N–H and O–H groups in total. The van der Waals surface area contributed by atoms with Crippen LogP contribution in [-0.2, 0) is 23.2 Å². The molecule has 0 bridgehead atoms. The fraction of sp³-hybridized carbons (Fsp3) is 0.333. The molecule has 0 saturated heterocycles. The standard InChI is InChI=1S/C16H13.C11H17.2BrH.Zr/c1-12-10-14-8-5-9-15(16(14)11-12)13-6-3-2-4-7-13;1-6-11-9(4)7(2)8(3)10(11)5;;;/h2-11H,1H3;6H2,1-5H3;2*1H;/q;;;;+2/p-2. The zero-order valence-corrected chi connectivity index (χ0v) is 24.4. The van der Waals surface area contributed by atoms with Gasteiger partial charge in [-0.25, -0.2) is 0 Å². The normalized spacial score (nSPS) is 19.0. The quantitative estimate of drug-likeness (QED) is 0.502. The van der Waals surface area contributed by atoms with Gasteiger partial charge in [-0.1, -0.05) is 0 Å². The van der Waals surface area contributed by atoms with Crippen LogP contribution in [0.5, 0.6) is 0 Å². The van der Waals surface area contributed by atoms with Gasteiger partial charge in [0.25, 0.3) is 0 Å². The van der Waals surface area contributed by atoms with E-state index in [9.17, 15) is 0 Å². The molecule has 0 nitrogen and oxygen atoms in total. The second-order valence-electron chi connectivity index (χ2n) is 8.40. The van der Waals surface area contributed by atoms with Crippen molar-refractivity contribution in [2.45, 2.75) is 54.7 Å². The van der Waals surface area contributed by atoms with Crippen LogP contribution in [-0.4, -0.2) is 0 Å². The minimum absolute atomic E-state index is 0. The zero-order chi connectivity index (χ0) is 20.1. The molecule has 0 fully saturated rings. The first-order valence-electron chi connectivity index (χ1n) is 10.4. The molecule has 0 saturated carbocycles. The van der Waals surface area contributed by atoms with E-state index in [-0.39, 0.29) is 34.0 Å². The smallest absolute Gasteiger partial charge is 1.00 e. The third kappa shape index (κ3) is 4.00. The first-order chi connectivity index (χ1) is 13.4. The Morgan fingerprint density at radius 1 is 0.800 bits per heavy atom. The average molecular weight is 606 g/mol. The maximum atomic E-state index is 2.49. The average Bonchev–Trinajstić information content (AvgIpc) is 3.12. The number of rotatable bonds is 4. The Hall–Kier alpha value is -0.497. The first-order valence-corrected chi connectivity index (χ1v) is 13.1. The molecule has 0 amide bonds. The van der Waals surface area contributed by atoms with Crippen molar-refractivity contribution in [1.82, 2.24) is 0 Å². The van der Waals surface area contributed by atoms with E-state index in [2.05, 4.69) is 96.1 Å². The van der Waals surface area contributed by atoms with Crippen LogP contribution in [0.15, 0.2) is 76.4 Å². The number of fused-ring (bicyclic) bond motifs is 1. The van der Waals surface area contributed by atoms with Crippen LogP contribution in [0, 0.1) is 0 Å². The Balaban J connectivity index is 0.00000160.